The minimum Gasteiger partial charge on any atom is -0.507 e. The van der Waals surface area contributed by atoms with Crippen LogP contribution in [-0.2, 0) is 0 Å². The van der Waals surface area contributed by atoms with Gasteiger partial charge in [0.15, 0.2) is 0 Å². The summed E-state index contributed by atoms with van der Waals surface area (Å²) in [5.74, 6) is -1.02. The van der Waals surface area contributed by atoms with Crippen LogP contribution in [0, 0.1) is 6.92 Å². The molecule has 4 nitrogen and oxygen atoms in total. The number of hydrogen-bond acceptors (Lipinski definition) is 2. The Labute approximate surface area is 79.8 Å². The highest BCUT2D eigenvalue weighted by atomic mass is 16.4. The molecule has 0 fully saturated rings. The number of fused-ring (bicyclic) bond motifs is 1. The standard InChI is InChI=1S/C10H9NO3/c1-5-2-3-7-8(9(5)12)6(4-11-7)10(13)14/h2-4,11-12H,1H3,(H,13,14). The van der Waals surface area contributed by atoms with E-state index >= 15 is 0 Å². The fraction of sp³-hybridized carbons (Fsp3) is 0.100. The zero-order chi connectivity index (χ0) is 10.3. The van der Waals surface area contributed by atoms with Gasteiger partial charge in [0.25, 0.3) is 0 Å². The van der Waals surface area contributed by atoms with Gasteiger partial charge < -0.3 is 15.2 Å². The van der Waals surface area contributed by atoms with Crippen molar-refractivity contribution in [1.82, 2.24) is 4.98 Å². The number of aromatic amines is 1. The first-order valence-electron chi connectivity index (χ1n) is 4.14. The molecule has 2 aromatic rings. The molecule has 1 aromatic carbocycles. The first-order chi connectivity index (χ1) is 6.61. The molecule has 0 spiro atoms. The van der Waals surface area contributed by atoms with Crippen LogP contribution in [0.5, 0.6) is 5.75 Å². The fourth-order valence-corrected chi connectivity index (χ4v) is 1.48. The summed E-state index contributed by atoms with van der Waals surface area (Å²) in [7, 11) is 0. The van der Waals surface area contributed by atoms with E-state index in [-0.39, 0.29) is 11.3 Å². The topological polar surface area (TPSA) is 73.3 Å². The number of nitrogens with one attached hydrogen (secondary N) is 1. The maximum absolute atomic E-state index is 10.8. The van der Waals surface area contributed by atoms with Gasteiger partial charge in [0.1, 0.15) is 5.75 Å². The van der Waals surface area contributed by atoms with E-state index in [1.165, 1.54) is 6.20 Å². The number of carbonyl (C=O) groups is 1. The summed E-state index contributed by atoms with van der Waals surface area (Å²) in [6.45, 7) is 1.73. The van der Waals surface area contributed by atoms with Crippen LogP contribution in [0.4, 0.5) is 0 Å². The van der Waals surface area contributed by atoms with Gasteiger partial charge in [-0.3, -0.25) is 0 Å². The highest BCUT2D eigenvalue weighted by molar-refractivity contribution is 6.06. The Bertz CT molecular complexity index is 513. The van der Waals surface area contributed by atoms with Crippen molar-refractivity contribution in [2.45, 2.75) is 6.92 Å². The maximum atomic E-state index is 10.8. The maximum Gasteiger partial charge on any atom is 0.338 e. The first kappa shape index (κ1) is 8.62. The Kier molecular flexibility index (Phi) is 1.70. The molecule has 2 rings (SSSR count). The fourth-order valence-electron chi connectivity index (χ4n) is 1.48. The van der Waals surface area contributed by atoms with Gasteiger partial charge in [-0.2, -0.15) is 0 Å². The van der Waals surface area contributed by atoms with Crippen molar-refractivity contribution in [3.8, 4) is 5.75 Å². The quantitative estimate of drug-likeness (QED) is 0.644. The molecule has 0 saturated heterocycles. The van der Waals surface area contributed by atoms with Crippen LogP contribution < -0.4 is 0 Å². The lowest BCUT2D eigenvalue weighted by Crippen LogP contribution is -1.94. The summed E-state index contributed by atoms with van der Waals surface area (Å²) in [6, 6.07) is 3.48. The Hall–Kier alpha value is -1.97. The predicted molar refractivity (Wildman–Crippen MR) is 51.7 cm³/mol. The van der Waals surface area contributed by atoms with Crippen LogP contribution >= 0.6 is 0 Å². The molecule has 0 bridgehead atoms. The predicted octanol–water partition coefficient (Wildman–Crippen LogP) is 1.88. The summed E-state index contributed by atoms with van der Waals surface area (Å²) in [6.07, 6.45) is 1.38. The van der Waals surface area contributed by atoms with E-state index in [1.807, 2.05) is 0 Å². The average molecular weight is 191 g/mol. The highest BCUT2D eigenvalue weighted by Crippen LogP contribution is 2.30. The van der Waals surface area contributed by atoms with Crippen LogP contribution in [0.2, 0.25) is 0 Å². The molecule has 4 heteroatoms. The molecule has 0 atom stereocenters. The van der Waals surface area contributed by atoms with E-state index in [2.05, 4.69) is 4.98 Å². The number of H-pyrrole nitrogens is 1. The molecule has 0 aliphatic rings. The van der Waals surface area contributed by atoms with Crippen molar-refractivity contribution in [3.05, 3.63) is 29.5 Å². The molecule has 0 aliphatic carbocycles. The van der Waals surface area contributed by atoms with Crippen LogP contribution in [0.25, 0.3) is 10.9 Å². The number of phenolic OH excluding ortho intramolecular Hbond substituents is 1. The van der Waals surface area contributed by atoms with Gasteiger partial charge >= 0.3 is 5.97 Å². The number of aromatic carboxylic acids is 1. The van der Waals surface area contributed by atoms with E-state index in [4.69, 9.17) is 5.11 Å². The number of rotatable bonds is 1. The molecular weight excluding hydrogens is 182 g/mol. The van der Waals surface area contributed by atoms with Crippen molar-refractivity contribution in [3.63, 3.8) is 0 Å². The van der Waals surface area contributed by atoms with Crippen molar-refractivity contribution < 1.29 is 15.0 Å². The van der Waals surface area contributed by atoms with Crippen LogP contribution in [0.15, 0.2) is 18.3 Å². The zero-order valence-corrected chi connectivity index (χ0v) is 7.53. The minimum absolute atomic E-state index is 0.0288. The Balaban J connectivity index is 2.89. The van der Waals surface area contributed by atoms with Crippen molar-refractivity contribution in [1.29, 1.82) is 0 Å². The van der Waals surface area contributed by atoms with Gasteiger partial charge in [-0.15, -0.1) is 0 Å². The van der Waals surface area contributed by atoms with Gasteiger partial charge in [0.05, 0.1) is 16.5 Å². The monoisotopic (exact) mass is 191 g/mol. The van der Waals surface area contributed by atoms with Gasteiger partial charge in [-0.05, 0) is 18.6 Å². The number of aromatic hydroxyl groups is 1. The molecule has 0 aliphatic heterocycles. The highest BCUT2D eigenvalue weighted by Gasteiger charge is 2.14. The van der Waals surface area contributed by atoms with Gasteiger partial charge in [0.2, 0.25) is 0 Å². The third-order valence-corrected chi connectivity index (χ3v) is 2.25. The second-order valence-electron chi connectivity index (χ2n) is 3.16. The molecular formula is C10H9NO3. The largest absolute Gasteiger partial charge is 0.507 e. The number of carboxylic acid groups (broad SMARTS) is 1. The van der Waals surface area contributed by atoms with Crippen molar-refractivity contribution in [2.24, 2.45) is 0 Å². The van der Waals surface area contributed by atoms with Crippen molar-refractivity contribution >= 4 is 16.9 Å². The Morgan fingerprint density at radius 2 is 2.14 bits per heavy atom. The number of aromatic nitrogens is 1. The third kappa shape index (κ3) is 1.04. The molecule has 0 saturated carbocycles. The van der Waals surface area contributed by atoms with Crippen LogP contribution in [-0.4, -0.2) is 21.2 Å². The summed E-state index contributed by atoms with van der Waals surface area (Å²) >= 11 is 0. The molecule has 72 valence electrons. The smallest absolute Gasteiger partial charge is 0.338 e. The first-order valence-corrected chi connectivity index (χ1v) is 4.14. The second kappa shape index (κ2) is 2.77. The van der Waals surface area contributed by atoms with E-state index in [0.29, 0.717) is 16.5 Å². The Morgan fingerprint density at radius 1 is 1.43 bits per heavy atom. The van der Waals surface area contributed by atoms with Gasteiger partial charge in [-0.1, -0.05) is 6.07 Å². The van der Waals surface area contributed by atoms with Crippen LogP contribution in [0.3, 0.4) is 0 Å². The summed E-state index contributed by atoms with van der Waals surface area (Å²) in [5.41, 5.74) is 1.39. The lowest BCUT2D eigenvalue weighted by atomic mass is 10.1. The molecule has 0 unspecified atom stereocenters. The molecule has 3 N–H and O–H groups in total. The number of aryl methyl sites for hydroxylation is 1. The van der Waals surface area contributed by atoms with Gasteiger partial charge in [0, 0.05) is 6.20 Å². The molecule has 0 amide bonds. The van der Waals surface area contributed by atoms with Gasteiger partial charge in [-0.25, -0.2) is 4.79 Å². The lowest BCUT2D eigenvalue weighted by Gasteiger charge is -2.00. The number of phenols is 1. The SMILES string of the molecule is Cc1ccc2[nH]cc(C(=O)O)c2c1O. The number of hydrogen-bond donors (Lipinski definition) is 3. The second-order valence-corrected chi connectivity index (χ2v) is 3.16. The summed E-state index contributed by atoms with van der Waals surface area (Å²) < 4.78 is 0. The third-order valence-electron chi connectivity index (χ3n) is 2.25. The molecule has 1 heterocycles. The summed E-state index contributed by atoms with van der Waals surface area (Å²) in [4.78, 5) is 13.6. The Morgan fingerprint density at radius 3 is 2.79 bits per heavy atom. The summed E-state index contributed by atoms with van der Waals surface area (Å²) in [5, 5.41) is 18.9. The van der Waals surface area contributed by atoms with E-state index < -0.39 is 5.97 Å². The van der Waals surface area contributed by atoms with Crippen LogP contribution in [0.1, 0.15) is 15.9 Å². The minimum atomic E-state index is -1.04. The normalized spacial score (nSPS) is 10.6. The number of carboxylic acids is 1. The van der Waals surface area contributed by atoms with E-state index in [9.17, 15) is 9.90 Å². The van der Waals surface area contributed by atoms with Crippen molar-refractivity contribution in [2.75, 3.05) is 0 Å². The molecule has 0 radical (unpaired) electrons. The lowest BCUT2D eigenvalue weighted by molar-refractivity contribution is 0.0699. The molecule has 1 aromatic heterocycles. The van der Waals surface area contributed by atoms with E-state index in [1.54, 1.807) is 19.1 Å². The molecule has 14 heavy (non-hydrogen) atoms. The number of benzene rings is 1. The average Bonchev–Trinajstić information content (AvgIpc) is 2.55. The zero-order valence-electron chi connectivity index (χ0n) is 7.53. The van der Waals surface area contributed by atoms with E-state index in [0.717, 1.165) is 0 Å².